The second-order valence-corrected chi connectivity index (χ2v) is 6.67. The molecule has 0 saturated carbocycles. The lowest BCUT2D eigenvalue weighted by Gasteiger charge is -2.28. The van der Waals surface area contributed by atoms with Crippen molar-refractivity contribution in [2.24, 2.45) is 0 Å². The fourth-order valence-electron chi connectivity index (χ4n) is 2.28. The van der Waals surface area contributed by atoms with Crippen molar-refractivity contribution in [1.29, 1.82) is 5.26 Å². The van der Waals surface area contributed by atoms with Crippen LogP contribution in [0.3, 0.4) is 0 Å². The number of halogens is 2. The van der Waals surface area contributed by atoms with Crippen molar-refractivity contribution in [2.45, 2.75) is 36.7 Å². The number of sulfonamides is 1. The van der Waals surface area contributed by atoms with E-state index in [1.807, 2.05) is 6.92 Å². The van der Waals surface area contributed by atoms with E-state index in [4.69, 9.17) is 5.26 Å². The minimum atomic E-state index is -3.73. The molecule has 1 aliphatic heterocycles. The molecule has 2 rings (SSSR count). The Balaban J connectivity index is 0.00000220. The second-order valence-electron chi connectivity index (χ2n) is 4.95. The molecule has 1 heterocycles. The van der Waals surface area contributed by atoms with Gasteiger partial charge in [0.25, 0.3) is 0 Å². The predicted molar refractivity (Wildman–Crippen MR) is 79.2 cm³/mol. The average molecular weight is 334 g/mol. The first-order valence-corrected chi connectivity index (χ1v) is 7.86. The normalized spacial score (nSPS) is 22.1. The summed E-state index contributed by atoms with van der Waals surface area (Å²) < 4.78 is 40.3. The molecule has 1 aromatic rings. The molecule has 2 atom stereocenters. The number of hydrogen-bond donors (Lipinski definition) is 2. The van der Waals surface area contributed by atoms with E-state index in [0.717, 1.165) is 18.7 Å². The van der Waals surface area contributed by atoms with E-state index < -0.39 is 15.8 Å². The van der Waals surface area contributed by atoms with Crippen LogP contribution in [-0.2, 0) is 10.0 Å². The van der Waals surface area contributed by atoms with Gasteiger partial charge in [0.05, 0.1) is 10.5 Å². The van der Waals surface area contributed by atoms with E-state index in [2.05, 4.69) is 10.0 Å². The van der Waals surface area contributed by atoms with Crippen molar-refractivity contribution in [3.63, 3.8) is 0 Å². The van der Waals surface area contributed by atoms with Gasteiger partial charge in [-0.2, -0.15) is 5.26 Å². The van der Waals surface area contributed by atoms with Gasteiger partial charge < -0.3 is 5.32 Å². The molecule has 1 fully saturated rings. The highest BCUT2D eigenvalue weighted by molar-refractivity contribution is 7.89. The van der Waals surface area contributed by atoms with Crippen molar-refractivity contribution in [1.82, 2.24) is 10.0 Å². The molecule has 0 bridgehead atoms. The SMILES string of the molecule is CC1CC(NS(=O)(=O)c2ccc(F)c(C#N)c2)CCN1.Cl. The highest BCUT2D eigenvalue weighted by Crippen LogP contribution is 2.17. The Morgan fingerprint density at radius 3 is 2.81 bits per heavy atom. The maximum absolute atomic E-state index is 13.2. The molecule has 0 aromatic heterocycles. The van der Waals surface area contributed by atoms with Gasteiger partial charge in [-0.15, -0.1) is 12.4 Å². The number of piperidine rings is 1. The summed E-state index contributed by atoms with van der Waals surface area (Å²) in [7, 11) is -3.73. The first kappa shape index (κ1) is 17.9. The zero-order chi connectivity index (χ0) is 14.8. The first-order valence-electron chi connectivity index (χ1n) is 6.38. The van der Waals surface area contributed by atoms with Crippen LogP contribution in [0.4, 0.5) is 4.39 Å². The van der Waals surface area contributed by atoms with Gasteiger partial charge in [-0.3, -0.25) is 0 Å². The zero-order valence-corrected chi connectivity index (χ0v) is 13.1. The first-order chi connectivity index (χ1) is 9.42. The molecule has 1 saturated heterocycles. The van der Waals surface area contributed by atoms with Gasteiger partial charge in [0, 0.05) is 12.1 Å². The van der Waals surface area contributed by atoms with E-state index in [1.54, 1.807) is 6.07 Å². The largest absolute Gasteiger partial charge is 0.314 e. The molecule has 8 heteroatoms. The Kier molecular flexibility index (Phi) is 6.10. The fourth-order valence-corrected chi connectivity index (χ4v) is 3.59. The molecular formula is C13H17ClFN3O2S. The van der Waals surface area contributed by atoms with Crippen molar-refractivity contribution in [3.8, 4) is 6.07 Å². The smallest absolute Gasteiger partial charge is 0.240 e. The van der Waals surface area contributed by atoms with Crippen LogP contribution in [0.5, 0.6) is 0 Å². The molecular weight excluding hydrogens is 317 g/mol. The van der Waals surface area contributed by atoms with E-state index in [9.17, 15) is 12.8 Å². The van der Waals surface area contributed by atoms with Gasteiger partial charge in [0.2, 0.25) is 10.0 Å². The standard InChI is InChI=1S/C13H16FN3O2S.ClH/c1-9-6-11(4-5-16-9)17-20(18,19)12-2-3-13(14)10(7-12)8-15;/h2-3,7,9,11,16-17H,4-6H2,1H3;1H. The maximum Gasteiger partial charge on any atom is 0.240 e. The third-order valence-electron chi connectivity index (χ3n) is 3.31. The number of hydrogen-bond acceptors (Lipinski definition) is 4. The lowest BCUT2D eigenvalue weighted by atomic mass is 10.0. The lowest BCUT2D eigenvalue weighted by molar-refractivity contribution is 0.361. The molecule has 1 aliphatic rings. The number of nitrogens with zero attached hydrogens (tertiary/aromatic N) is 1. The van der Waals surface area contributed by atoms with Crippen LogP contribution in [0.2, 0.25) is 0 Å². The molecule has 0 amide bonds. The Labute approximate surface area is 130 Å². The zero-order valence-electron chi connectivity index (χ0n) is 11.5. The van der Waals surface area contributed by atoms with Crippen LogP contribution in [0, 0.1) is 17.1 Å². The van der Waals surface area contributed by atoms with Crippen LogP contribution < -0.4 is 10.0 Å². The number of benzene rings is 1. The van der Waals surface area contributed by atoms with Crippen LogP contribution >= 0.6 is 12.4 Å². The molecule has 116 valence electrons. The minimum absolute atomic E-state index is 0. The average Bonchev–Trinajstić information content (AvgIpc) is 2.38. The van der Waals surface area contributed by atoms with Gasteiger partial charge in [-0.05, 0) is 44.5 Å². The van der Waals surface area contributed by atoms with E-state index >= 15 is 0 Å². The Bertz CT molecular complexity index is 645. The summed E-state index contributed by atoms with van der Waals surface area (Å²) in [6.45, 7) is 2.74. The van der Waals surface area contributed by atoms with Crippen molar-refractivity contribution in [2.75, 3.05) is 6.54 Å². The van der Waals surface area contributed by atoms with E-state index in [1.165, 1.54) is 6.07 Å². The van der Waals surface area contributed by atoms with Gasteiger partial charge in [0.1, 0.15) is 11.9 Å². The second kappa shape index (κ2) is 7.18. The van der Waals surface area contributed by atoms with Gasteiger partial charge in [0.15, 0.2) is 0 Å². The van der Waals surface area contributed by atoms with Crippen molar-refractivity contribution >= 4 is 22.4 Å². The molecule has 0 spiro atoms. The summed E-state index contributed by atoms with van der Waals surface area (Å²) in [5, 5.41) is 12.0. The van der Waals surface area contributed by atoms with Crippen LogP contribution in [0.1, 0.15) is 25.3 Å². The van der Waals surface area contributed by atoms with Crippen LogP contribution in [0.15, 0.2) is 23.1 Å². The van der Waals surface area contributed by atoms with E-state index in [-0.39, 0.29) is 34.9 Å². The summed E-state index contributed by atoms with van der Waals surface area (Å²) in [6.07, 6.45) is 1.40. The molecule has 21 heavy (non-hydrogen) atoms. The fraction of sp³-hybridized carbons (Fsp3) is 0.462. The Hall–Kier alpha value is -1.20. The molecule has 2 unspecified atom stereocenters. The van der Waals surface area contributed by atoms with Crippen molar-refractivity contribution in [3.05, 3.63) is 29.6 Å². The summed E-state index contributed by atoms with van der Waals surface area (Å²) in [5.74, 6) is -0.720. The minimum Gasteiger partial charge on any atom is -0.314 e. The third-order valence-corrected chi connectivity index (χ3v) is 4.83. The highest BCUT2D eigenvalue weighted by atomic mass is 35.5. The van der Waals surface area contributed by atoms with Gasteiger partial charge in [-0.25, -0.2) is 17.5 Å². The Morgan fingerprint density at radius 1 is 1.48 bits per heavy atom. The Morgan fingerprint density at radius 2 is 2.19 bits per heavy atom. The molecule has 0 radical (unpaired) electrons. The molecule has 2 N–H and O–H groups in total. The molecule has 5 nitrogen and oxygen atoms in total. The summed E-state index contributed by atoms with van der Waals surface area (Å²) in [5.41, 5.74) is -0.272. The molecule has 0 aliphatic carbocycles. The lowest BCUT2D eigenvalue weighted by Crippen LogP contribution is -2.46. The molecule has 1 aromatic carbocycles. The monoisotopic (exact) mass is 333 g/mol. The van der Waals surface area contributed by atoms with Crippen molar-refractivity contribution < 1.29 is 12.8 Å². The van der Waals surface area contributed by atoms with Gasteiger partial charge >= 0.3 is 0 Å². The third kappa shape index (κ3) is 4.38. The van der Waals surface area contributed by atoms with E-state index in [0.29, 0.717) is 12.8 Å². The summed E-state index contributed by atoms with van der Waals surface area (Å²) in [6, 6.07) is 4.97. The predicted octanol–water partition coefficient (Wildman–Crippen LogP) is 1.54. The topological polar surface area (TPSA) is 82.0 Å². The summed E-state index contributed by atoms with van der Waals surface area (Å²) in [4.78, 5) is -0.0818. The number of nitriles is 1. The van der Waals surface area contributed by atoms with Crippen LogP contribution in [0.25, 0.3) is 0 Å². The van der Waals surface area contributed by atoms with Gasteiger partial charge in [-0.1, -0.05) is 0 Å². The number of nitrogens with one attached hydrogen (secondary N) is 2. The number of rotatable bonds is 3. The summed E-state index contributed by atoms with van der Waals surface area (Å²) >= 11 is 0. The van der Waals surface area contributed by atoms with Crippen LogP contribution in [-0.4, -0.2) is 27.0 Å². The maximum atomic E-state index is 13.2. The highest BCUT2D eigenvalue weighted by Gasteiger charge is 2.24. The quantitative estimate of drug-likeness (QED) is 0.879.